The fraction of sp³-hybridized carbons (Fsp3) is 0.429. The van der Waals surface area contributed by atoms with Crippen LogP contribution in [0.3, 0.4) is 0 Å². The Hall–Kier alpha value is -2.48. The van der Waals surface area contributed by atoms with Crippen LogP contribution >= 0.6 is 0 Å². The molecule has 2 unspecified atom stereocenters. The summed E-state index contributed by atoms with van der Waals surface area (Å²) in [5, 5.41) is 9.46. The molecule has 22 heavy (non-hydrogen) atoms. The van der Waals surface area contributed by atoms with E-state index in [0.29, 0.717) is 17.0 Å². The summed E-state index contributed by atoms with van der Waals surface area (Å²) < 4.78 is 5.78. The van der Waals surface area contributed by atoms with Crippen LogP contribution in [0, 0.1) is 0 Å². The first-order valence-corrected chi connectivity index (χ1v) is 7.14. The van der Waals surface area contributed by atoms with Crippen molar-refractivity contribution in [2.75, 3.05) is 18.0 Å². The zero-order chi connectivity index (χ0) is 15.3. The molecule has 2 atom stereocenters. The molecule has 0 radical (unpaired) electrons. The van der Waals surface area contributed by atoms with Crippen LogP contribution in [0.15, 0.2) is 17.1 Å². The number of anilines is 1. The van der Waals surface area contributed by atoms with E-state index in [0.717, 1.165) is 25.9 Å². The standard InChI is InChI=1S/C14H14N4O4/c19-12-10(13(20)21)3-7-4-15-14(17-11(7)16-12)18-5-8-1-2-9(6-18)22-8/h3-4,8-9H,1-2,5-6H2,(H,20,21)(H,15,16,17,19). The van der Waals surface area contributed by atoms with E-state index < -0.39 is 11.5 Å². The van der Waals surface area contributed by atoms with Gasteiger partial charge in [-0.15, -0.1) is 0 Å². The minimum atomic E-state index is -1.27. The second-order valence-electron chi connectivity index (χ2n) is 5.65. The number of ether oxygens (including phenoxy) is 1. The molecule has 2 bridgehead atoms. The number of aromatic carboxylic acids is 1. The smallest absolute Gasteiger partial charge is 0.341 e. The molecule has 0 aromatic carbocycles. The Morgan fingerprint density at radius 1 is 1.36 bits per heavy atom. The predicted octanol–water partition coefficient (Wildman–Crippen LogP) is 0.384. The highest BCUT2D eigenvalue weighted by Crippen LogP contribution is 2.28. The van der Waals surface area contributed by atoms with Gasteiger partial charge in [0.25, 0.3) is 5.56 Å². The van der Waals surface area contributed by atoms with Gasteiger partial charge in [0.1, 0.15) is 11.2 Å². The van der Waals surface area contributed by atoms with E-state index in [9.17, 15) is 9.59 Å². The largest absolute Gasteiger partial charge is 0.477 e. The van der Waals surface area contributed by atoms with E-state index in [1.54, 1.807) is 0 Å². The quantitative estimate of drug-likeness (QED) is 0.825. The lowest BCUT2D eigenvalue weighted by molar-refractivity contribution is 0.0299. The topological polar surface area (TPSA) is 108 Å². The molecule has 2 aromatic heterocycles. The third kappa shape index (κ3) is 2.12. The summed E-state index contributed by atoms with van der Waals surface area (Å²) in [4.78, 5) is 36.0. The molecule has 114 valence electrons. The molecular weight excluding hydrogens is 288 g/mol. The number of nitrogens with one attached hydrogen (secondary N) is 1. The number of H-pyrrole nitrogens is 1. The minimum absolute atomic E-state index is 0.214. The summed E-state index contributed by atoms with van der Waals surface area (Å²) in [5.74, 6) is -0.733. The average molecular weight is 302 g/mol. The van der Waals surface area contributed by atoms with Gasteiger partial charge in [0.05, 0.1) is 12.2 Å². The van der Waals surface area contributed by atoms with Gasteiger partial charge < -0.3 is 19.7 Å². The van der Waals surface area contributed by atoms with Crippen molar-refractivity contribution in [1.82, 2.24) is 15.0 Å². The average Bonchev–Trinajstić information content (AvgIpc) is 2.84. The van der Waals surface area contributed by atoms with Gasteiger partial charge in [-0.25, -0.2) is 9.78 Å². The molecular formula is C14H14N4O4. The van der Waals surface area contributed by atoms with Crippen LogP contribution < -0.4 is 10.5 Å². The number of fused-ring (bicyclic) bond motifs is 3. The third-order valence-corrected chi connectivity index (χ3v) is 4.14. The fourth-order valence-electron chi connectivity index (χ4n) is 3.07. The predicted molar refractivity (Wildman–Crippen MR) is 77.2 cm³/mol. The van der Waals surface area contributed by atoms with Crippen LogP contribution in [-0.4, -0.2) is 51.3 Å². The number of hydrogen-bond acceptors (Lipinski definition) is 6. The number of rotatable bonds is 2. The number of carboxylic acid groups (broad SMARTS) is 1. The van der Waals surface area contributed by atoms with E-state index in [-0.39, 0.29) is 17.8 Å². The number of pyridine rings is 1. The van der Waals surface area contributed by atoms with Gasteiger partial charge >= 0.3 is 5.97 Å². The zero-order valence-corrected chi connectivity index (χ0v) is 11.7. The van der Waals surface area contributed by atoms with Crippen LogP contribution in [0.2, 0.25) is 0 Å². The lowest BCUT2D eigenvalue weighted by Crippen LogP contribution is -2.43. The second kappa shape index (κ2) is 4.77. The van der Waals surface area contributed by atoms with Gasteiger partial charge in [-0.05, 0) is 18.9 Å². The van der Waals surface area contributed by atoms with Crippen LogP contribution in [0.5, 0.6) is 0 Å². The first kappa shape index (κ1) is 13.2. The number of aromatic nitrogens is 3. The summed E-state index contributed by atoms with van der Waals surface area (Å²) in [6, 6.07) is 1.29. The normalized spacial score (nSPS) is 23.9. The van der Waals surface area contributed by atoms with E-state index in [2.05, 4.69) is 19.9 Å². The van der Waals surface area contributed by atoms with E-state index in [1.165, 1.54) is 12.3 Å². The molecule has 0 amide bonds. The molecule has 4 heterocycles. The van der Waals surface area contributed by atoms with Crippen molar-refractivity contribution in [2.24, 2.45) is 0 Å². The maximum Gasteiger partial charge on any atom is 0.341 e. The van der Waals surface area contributed by atoms with Gasteiger partial charge in [0.15, 0.2) is 0 Å². The molecule has 2 aromatic rings. The van der Waals surface area contributed by atoms with Gasteiger partial charge in [-0.2, -0.15) is 4.98 Å². The summed E-state index contributed by atoms with van der Waals surface area (Å²) in [7, 11) is 0. The molecule has 4 rings (SSSR count). The zero-order valence-electron chi connectivity index (χ0n) is 11.7. The molecule has 2 N–H and O–H groups in total. The number of morpholine rings is 1. The first-order chi connectivity index (χ1) is 10.6. The number of carbonyl (C=O) groups is 1. The SMILES string of the molecule is O=C(O)c1cc2cnc(N3CC4CCC(C3)O4)nc2[nH]c1=O. The highest BCUT2D eigenvalue weighted by atomic mass is 16.5. The first-order valence-electron chi connectivity index (χ1n) is 7.14. The van der Waals surface area contributed by atoms with E-state index in [1.807, 2.05) is 0 Å². The molecule has 8 heteroatoms. The molecule has 2 saturated heterocycles. The lowest BCUT2D eigenvalue weighted by Gasteiger charge is -2.32. The molecule has 0 saturated carbocycles. The summed E-state index contributed by atoms with van der Waals surface area (Å²) >= 11 is 0. The lowest BCUT2D eigenvalue weighted by atomic mass is 10.2. The highest BCUT2D eigenvalue weighted by molar-refractivity contribution is 5.91. The van der Waals surface area contributed by atoms with Crippen molar-refractivity contribution >= 4 is 23.0 Å². The summed E-state index contributed by atoms with van der Waals surface area (Å²) in [6.07, 6.45) is 4.07. The van der Waals surface area contributed by atoms with Crippen molar-refractivity contribution in [1.29, 1.82) is 0 Å². The Balaban J connectivity index is 1.73. The van der Waals surface area contributed by atoms with Crippen molar-refractivity contribution in [3.63, 3.8) is 0 Å². The minimum Gasteiger partial charge on any atom is -0.477 e. The Morgan fingerprint density at radius 3 is 2.77 bits per heavy atom. The van der Waals surface area contributed by atoms with Crippen molar-refractivity contribution in [2.45, 2.75) is 25.0 Å². The Morgan fingerprint density at radius 2 is 2.09 bits per heavy atom. The molecule has 2 aliphatic rings. The summed E-state index contributed by atoms with van der Waals surface area (Å²) in [6.45, 7) is 1.47. The van der Waals surface area contributed by atoms with Gasteiger partial charge in [0, 0.05) is 24.7 Å². The van der Waals surface area contributed by atoms with Gasteiger partial charge in [0.2, 0.25) is 5.95 Å². The number of aromatic amines is 1. The van der Waals surface area contributed by atoms with E-state index in [4.69, 9.17) is 9.84 Å². The van der Waals surface area contributed by atoms with Crippen molar-refractivity contribution in [3.05, 3.63) is 28.2 Å². The molecule has 8 nitrogen and oxygen atoms in total. The fourth-order valence-corrected chi connectivity index (χ4v) is 3.07. The maximum absolute atomic E-state index is 11.7. The Bertz CT molecular complexity index is 806. The maximum atomic E-state index is 11.7. The van der Waals surface area contributed by atoms with Gasteiger partial charge in [-0.1, -0.05) is 0 Å². The Kier molecular flexibility index (Phi) is 2.86. The molecule has 2 aliphatic heterocycles. The highest BCUT2D eigenvalue weighted by Gasteiger charge is 2.34. The third-order valence-electron chi connectivity index (χ3n) is 4.14. The van der Waals surface area contributed by atoms with E-state index >= 15 is 0 Å². The van der Waals surface area contributed by atoms with Crippen LogP contribution in [0.1, 0.15) is 23.2 Å². The van der Waals surface area contributed by atoms with Crippen LogP contribution in [-0.2, 0) is 4.74 Å². The number of carboxylic acids is 1. The number of nitrogens with zero attached hydrogens (tertiary/aromatic N) is 3. The molecule has 0 spiro atoms. The van der Waals surface area contributed by atoms with Crippen LogP contribution in [0.25, 0.3) is 11.0 Å². The Labute approximate surface area is 124 Å². The number of hydrogen-bond donors (Lipinski definition) is 2. The second-order valence-corrected chi connectivity index (χ2v) is 5.65. The van der Waals surface area contributed by atoms with Crippen molar-refractivity contribution < 1.29 is 14.6 Å². The van der Waals surface area contributed by atoms with Gasteiger partial charge in [-0.3, -0.25) is 4.79 Å². The summed E-state index contributed by atoms with van der Waals surface area (Å²) in [5.41, 5.74) is -0.626. The molecule has 2 fully saturated rings. The van der Waals surface area contributed by atoms with Crippen LogP contribution in [0.4, 0.5) is 5.95 Å². The molecule has 0 aliphatic carbocycles. The van der Waals surface area contributed by atoms with Crippen molar-refractivity contribution in [3.8, 4) is 0 Å². The monoisotopic (exact) mass is 302 g/mol.